The Hall–Kier alpha value is -3.26. The molecule has 37 heavy (non-hydrogen) atoms. The molecule has 8 heteroatoms. The Bertz CT molecular complexity index is 1610. The van der Waals surface area contributed by atoms with Crippen LogP contribution >= 0.6 is 11.6 Å². The first kappa shape index (κ1) is 25.4. The predicted octanol–water partition coefficient (Wildman–Crippen LogP) is 6.15. The van der Waals surface area contributed by atoms with E-state index in [1.54, 1.807) is 19.2 Å². The van der Waals surface area contributed by atoms with Gasteiger partial charge in [-0.1, -0.05) is 48.0 Å². The van der Waals surface area contributed by atoms with E-state index in [0.29, 0.717) is 24.5 Å². The van der Waals surface area contributed by atoms with E-state index < -0.39 is 10.0 Å². The molecule has 0 unspecified atom stereocenters. The number of ether oxygens (including phenoxy) is 2. The quantitative estimate of drug-likeness (QED) is 0.284. The highest BCUT2D eigenvalue weighted by Gasteiger charge is 2.30. The summed E-state index contributed by atoms with van der Waals surface area (Å²) in [6.07, 6.45) is 2.64. The molecule has 6 nitrogen and oxygen atoms in total. The molecule has 1 aliphatic heterocycles. The van der Waals surface area contributed by atoms with Gasteiger partial charge in [0.1, 0.15) is 16.4 Å². The minimum Gasteiger partial charge on any atom is -0.497 e. The normalized spacial score (nSPS) is 14.5. The van der Waals surface area contributed by atoms with Gasteiger partial charge in [0, 0.05) is 46.8 Å². The van der Waals surface area contributed by atoms with Crippen LogP contribution < -0.4 is 9.47 Å². The minimum absolute atomic E-state index is 0.0884. The fourth-order valence-electron chi connectivity index (χ4n) is 5.08. The van der Waals surface area contributed by atoms with Gasteiger partial charge in [0.15, 0.2) is 0 Å². The molecule has 2 heterocycles. The van der Waals surface area contributed by atoms with Crippen LogP contribution in [0.1, 0.15) is 23.2 Å². The van der Waals surface area contributed by atoms with Crippen LogP contribution in [0.2, 0.25) is 5.02 Å². The third kappa shape index (κ3) is 4.75. The average molecular weight is 537 g/mol. The van der Waals surface area contributed by atoms with Crippen LogP contribution in [-0.4, -0.2) is 44.6 Å². The maximum absolute atomic E-state index is 13.4. The van der Waals surface area contributed by atoms with Gasteiger partial charge in [-0.2, -0.15) is 4.31 Å². The second kappa shape index (κ2) is 10.2. The van der Waals surface area contributed by atoms with Gasteiger partial charge < -0.3 is 14.0 Å². The molecular formula is C29H29ClN2O4S. The number of halogens is 1. The van der Waals surface area contributed by atoms with Gasteiger partial charge in [0.2, 0.25) is 10.0 Å². The number of aromatic nitrogens is 1. The van der Waals surface area contributed by atoms with Crippen LogP contribution in [-0.2, 0) is 16.6 Å². The lowest BCUT2D eigenvalue weighted by molar-refractivity contribution is 0.395. The standard InChI is InChI=1S/C29H29ClN2O4S/c1-20-29(25-9-4-5-10-26(25)32(20)19-21-7-6-8-24(17-21)35-2)22-13-15-31(16-14-22)37(33,34)28-18-23(30)11-12-27(28)36-3/h4-13,17-18H,14-16,19H2,1-3H3. The van der Waals surface area contributed by atoms with Gasteiger partial charge in [-0.05, 0) is 60.9 Å². The summed E-state index contributed by atoms with van der Waals surface area (Å²) in [5, 5.41) is 1.52. The average Bonchev–Trinajstić information content (AvgIpc) is 3.19. The number of methoxy groups -OCH3 is 2. The Kier molecular flexibility index (Phi) is 7.03. The Labute approximate surface area is 222 Å². The summed E-state index contributed by atoms with van der Waals surface area (Å²) in [4.78, 5) is 0.0884. The SMILES string of the molecule is COc1cccc(Cn2c(C)c(C3=CCN(S(=O)(=O)c4cc(Cl)ccc4OC)CC3)c3ccccc32)c1. The van der Waals surface area contributed by atoms with Crippen molar-refractivity contribution in [1.82, 2.24) is 8.87 Å². The van der Waals surface area contributed by atoms with Crippen molar-refractivity contribution in [3.8, 4) is 11.5 Å². The molecule has 0 amide bonds. The smallest absolute Gasteiger partial charge is 0.247 e. The van der Waals surface area contributed by atoms with Crippen LogP contribution in [0.15, 0.2) is 77.7 Å². The number of hydrogen-bond donors (Lipinski definition) is 0. The Morgan fingerprint density at radius 2 is 1.78 bits per heavy atom. The molecule has 0 saturated heterocycles. The number of para-hydroxylation sites is 1. The maximum atomic E-state index is 13.4. The van der Waals surface area contributed by atoms with Crippen molar-refractivity contribution in [3.63, 3.8) is 0 Å². The van der Waals surface area contributed by atoms with E-state index in [4.69, 9.17) is 21.1 Å². The second-order valence-electron chi connectivity index (χ2n) is 9.05. The summed E-state index contributed by atoms with van der Waals surface area (Å²) in [6, 6.07) is 21.1. The summed E-state index contributed by atoms with van der Waals surface area (Å²) < 4.78 is 41.4. The molecule has 0 atom stereocenters. The summed E-state index contributed by atoms with van der Waals surface area (Å²) in [5.74, 6) is 1.12. The van der Waals surface area contributed by atoms with Gasteiger partial charge in [0.25, 0.3) is 0 Å². The molecule has 0 N–H and O–H groups in total. The summed E-state index contributed by atoms with van der Waals surface area (Å²) >= 11 is 6.11. The summed E-state index contributed by atoms with van der Waals surface area (Å²) in [5.41, 5.74) is 5.79. The molecule has 1 aliphatic rings. The lowest BCUT2D eigenvalue weighted by Gasteiger charge is -2.27. The first-order chi connectivity index (χ1) is 17.8. The molecule has 3 aromatic carbocycles. The highest BCUT2D eigenvalue weighted by molar-refractivity contribution is 7.89. The van der Waals surface area contributed by atoms with Crippen molar-refractivity contribution in [2.75, 3.05) is 27.3 Å². The second-order valence-corrected chi connectivity index (χ2v) is 11.4. The van der Waals surface area contributed by atoms with Crippen molar-refractivity contribution in [1.29, 1.82) is 0 Å². The van der Waals surface area contributed by atoms with E-state index >= 15 is 0 Å². The lowest BCUT2D eigenvalue weighted by atomic mass is 9.97. The summed E-state index contributed by atoms with van der Waals surface area (Å²) in [7, 11) is -0.631. The topological polar surface area (TPSA) is 60.8 Å². The van der Waals surface area contributed by atoms with E-state index in [2.05, 4.69) is 41.8 Å². The van der Waals surface area contributed by atoms with Gasteiger partial charge in [-0.3, -0.25) is 0 Å². The minimum atomic E-state index is -3.77. The molecular weight excluding hydrogens is 508 g/mol. The van der Waals surface area contributed by atoms with Crippen molar-refractivity contribution < 1.29 is 17.9 Å². The fourth-order valence-corrected chi connectivity index (χ4v) is 6.88. The molecule has 0 saturated carbocycles. The fraction of sp³-hybridized carbons (Fsp3) is 0.241. The van der Waals surface area contributed by atoms with Crippen LogP contribution in [0.4, 0.5) is 0 Å². The Morgan fingerprint density at radius 3 is 2.51 bits per heavy atom. The number of hydrogen-bond acceptors (Lipinski definition) is 4. The highest BCUT2D eigenvalue weighted by atomic mass is 35.5. The first-order valence-electron chi connectivity index (χ1n) is 12.1. The van der Waals surface area contributed by atoms with Crippen molar-refractivity contribution in [2.45, 2.75) is 24.8 Å². The van der Waals surface area contributed by atoms with E-state index in [0.717, 1.165) is 28.1 Å². The molecule has 0 radical (unpaired) electrons. The predicted molar refractivity (Wildman–Crippen MR) is 148 cm³/mol. The zero-order valence-electron chi connectivity index (χ0n) is 21.1. The highest BCUT2D eigenvalue weighted by Crippen LogP contribution is 2.37. The zero-order chi connectivity index (χ0) is 26.2. The van der Waals surface area contributed by atoms with E-state index in [9.17, 15) is 8.42 Å². The van der Waals surface area contributed by atoms with Crippen LogP contribution in [0.5, 0.6) is 11.5 Å². The third-order valence-electron chi connectivity index (χ3n) is 6.94. The van der Waals surface area contributed by atoms with Gasteiger partial charge in [-0.15, -0.1) is 0 Å². The Balaban J connectivity index is 1.49. The first-order valence-corrected chi connectivity index (χ1v) is 13.9. The number of rotatable bonds is 7. The maximum Gasteiger partial charge on any atom is 0.247 e. The third-order valence-corrected chi connectivity index (χ3v) is 9.06. The lowest BCUT2D eigenvalue weighted by Crippen LogP contribution is -2.35. The monoisotopic (exact) mass is 536 g/mol. The molecule has 0 fully saturated rings. The largest absolute Gasteiger partial charge is 0.497 e. The van der Waals surface area contributed by atoms with Crippen molar-refractivity contribution in [3.05, 3.63) is 94.6 Å². The molecule has 4 aromatic rings. The molecule has 0 bridgehead atoms. The zero-order valence-corrected chi connectivity index (χ0v) is 22.6. The van der Waals surface area contributed by atoms with Crippen LogP contribution in [0.3, 0.4) is 0 Å². The number of fused-ring (bicyclic) bond motifs is 1. The molecule has 5 rings (SSSR count). The van der Waals surface area contributed by atoms with E-state index in [1.807, 2.05) is 24.3 Å². The van der Waals surface area contributed by atoms with Crippen LogP contribution in [0.25, 0.3) is 16.5 Å². The molecule has 192 valence electrons. The molecule has 0 aliphatic carbocycles. The molecule has 1 aromatic heterocycles. The van der Waals surface area contributed by atoms with E-state index in [1.165, 1.54) is 28.4 Å². The van der Waals surface area contributed by atoms with Gasteiger partial charge in [-0.25, -0.2) is 8.42 Å². The van der Waals surface area contributed by atoms with Crippen molar-refractivity contribution in [2.24, 2.45) is 0 Å². The Morgan fingerprint density at radius 1 is 0.973 bits per heavy atom. The van der Waals surface area contributed by atoms with Gasteiger partial charge >= 0.3 is 0 Å². The number of benzene rings is 3. The number of sulfonamides is 1. The number of nitrogens with zero attached hydrogens (tertiary/aromatic N) is 2. The summed E-state index contributed by atoms with van der Waals surface area (Å²) in [6.45, 7) is 3.50. The van der Waals surface area contributed by atoms with Crippen LogP contribution in [0, 0.1) is 6.92 Å². The molecule has 0 spiro atoms. The van der Waals surface area contributed by atoms with E-state index in [-0.39, 0.29) is 17.2 Å². The van der Waals surface area contributed by atoms with Gasteiger partial charge in [0.05, 0.1) is 14.2 Å². The van der Waals surface area contributed by atoms with Crippen molar-refractivity contribution >= 4 is 38.1 Å².